The Morgan fingerprint density at radius 3 is 2.64 bits per heavy atom. The van der Waals surface area contributed by atoms with Gasteiger partial charge in [-0.1, -0.05) is 6.92 Å². The highest BCUT2D eigenvalue weighted by Crippen LogP contribution is 2.34. The summed E-state index contributed by atoms with van der Waals surface area (Å²) in [5, 5.41) is 15.9. The van der Waals surface area contributed by atoms with Gasteiger partial charge in [0.2, 0.25) is 0 Å². The first-order valence-electron chi connectivity index (χ1n) is 11.2. The maximum Gasteiger partial charge on any atom is 0.280 e. The summed E-state index contributed by atoms with van der Waals surface area (Å²) < 4.78 is 13.6. The van der Waals surface area contributed by atoms with Gasteiger partial charge < -0.3 is 20.6 Å². The lowest BCUT2D eigenvalue weighted by Crippen LogP contribution is -2.39. The number of carbonyl (C=O) groups is 2. The average molecular weight is 478 g/mol. The molecule has 1 fully saturated rings. The first-order valence-corrected chi connectivity index (χ1v) is 12.1. The molecule has 0 unspecified atom stereocenters. The summed E-state index contributed by atoms with van der Waals surface area (Å²) in [5.74, 6) is -0.0392. The third-order valence-corrected chi connectivity index (χ3v) is 6.42. The Balaban J connectivity index is 1.95. The number of alkyl halides is 1. The first-order chi connectivity index (χ1) is 15.6. The number of carbonyl (C=O) groups excluding carboxylic acids is 2. The van der Waals surface area contributed by atoms with E-state index in [0.29, 0.717) is 30.8 Å². The minimum absolute atomic E-state index is 0.0480. The number of hydrogen-bond acceptors (Lipinski definition) is 7. The van der Waals surface area contributed by atoms with Gasteiger partial charge in [-0.15, -0.1) is 11.3 Å². The van der Waals surface area contributed by atoms with Crippen molar-refractivity contribution in [3.8, 4) is 10.4 Å². The van der Waals surface area contributed by atoms with E-state index in [-0.39, 0.29) is 23.2 Å². The third-order valence-electron chi connectivity index (χ3n) is 5.33. The van der Waals surface area contributed by atoms with Crippen molar-refractivity contribution in [1.29, 1.82) is 0 Å². The molecule has 0 aromatic carbocycles. The van der Waals surface area contributed by atoms with Crippen LogP contribution in [0.5, 0.6) is 0 Å². The Bertz CT molecular complexity index is 996. The molecule has 0 bridgehead atoms. The van der Waals surface area contributed by atoms with E-state index in [9.17, 15) is 19.1 Å². The standard InChI is InChI=1S/C23H32FN5O3S/c1-5-8-25-17-11-14(2)16(12-26-17)19-18(22(31)29-9-6-15(24)7-10-29)28-21(33-19)20(30)27-13-23(3,4)32/h11-12,15,32H,5-10,13H2,1-4H3,(H,25,26)(H,27,30). The van der Waals surface area contributed by atoms with Gasteiger partial charge in [0, 0.05) is 37.9 Å². The second kappa shape index (κ2) is 10.6. The molecule has 180 valence electrons. The zero-order chi connectivity index (χ0) is 24.2. The molecule has 10 heteroatoms. The Morgan fingerprint density at radius 2 is 2.03 bits per heavy atom. The molecule has 3 N–H and O–H groups in total. The van der Waals surface area contributed by atoms with Gasteiger partial charge in [-0.25, -0.2) is 14.4 Å². The number of pyridine rings is 1. The van der Waals surface area contributed by atoms with Crippen LogP contribution in [-0.2, 0) is 0 Å². The summed E-state index contributed by atoms with van der Waals surface area (Å²) in [4.78, 5) is 37.0. The van der Waals surface area contributed by atoms with Crippen LogP contribution in [-0.4, -0.2) is 69.7 Å². The van der Waals surface area contributed by atoms with Crippen LogP contribution in [0.15, 0.2) is 12.3 Å². The Kier molecular flexibility index (Phi) is 8.01. The van der Waals surface area contributed by atoms with E-state index in [2.05, 4.69) is 27.5 Å². The van der Waals surface area contributed by atoms with Gasteiger partial charge in [0.05, 0.1) is 10.5 Å². The molecule has 3 rings (SSSR count). The Hall–Kier alpha value is -2.59. The molecule has 0 spiro atoms. The molecule has 0 atom stereocenters. The fourth-order valence-corrected chi connectivity index (χ4v) is 4.51. The zero-order valence-corrected chi connectivity index (χ0v) is 20.4. The number of hydrogen-bond donors (Lipinski definition) is 3. The number of nitrogens with zero attached hydrogens (tertiary/aromatic N) is 3. The van der Waals surface area contributed by atoms with Crippen LogP contribution in [0.25, 0.3) is 10.4 Å². The van der Waals surface area contributed by atoms with Gasteiger partial charge in [0.15, 0.2) is 5.01 Å². The van der Waals surface area contributed by atoms with Crippen LogP contribution in [0.2, 0.25) is 0 Å². The molecule has 0 aliphatic carbocycles. The second-order valence-corrected chi connectivity index (χ2v) is 9.97. The number of amides is 2. The smallest absolute Gasteiger partial charge is 0.280 e. The second-order valence-electron chi connectivity index (χ2n) is 8.97. The van der Waals surface area contributed by atoms with Gasteiger partial charge in [0.1, 0.15) is 17.7 Å². The van der Waals surface area contributed by atoms with Crippen LogP contribution in [0, 0.1) is 6.92 Å². The number of aryl methyl sites for hydroxylation is 1. The fraction of sp³-hybridized carbons (Fsp3) is 0.565. The zero-order valence-electron chi connectivity index (χ0n) is 19.6. The molecule has 33 heavy (non-hydrogen) atoms. The van der Waals surface area contributed by atoms with Crippen molar-refractivity contribution in [2.45, 2.75) is 58.7 Å². The van der Waals surface area contributed by atoms with Crippen molar-refractivity contribution in [3.63, 3.8) is 0 Å². The molecule has 0 radical (unpaired) electrons. The summed E-state index contributed by atoms with van der Waals surface area (Å²) in [6.07, 6.45) is 2.34. The number of aromatic nitrogens is 2. The van der Waals surface area contributed by atoms with Crippen molar-refractivity contribution in [3.05, 3.63) is 28.5 Å². The highest BCUT2D eigenvalue weighted by atomic mass is 32.1. The minimum atomic E-state index is -1.08. The average Bonchev–Trinajstić information content (AvgIpc) is 3.21. The monoisotopic (exact) mass is 477 g/mol. The summed E-state index contributed by atoms with van der Waals surface area (Å²) in [5.41, 5.74) is 0.712. The lowest BCUT2D eigenvalue weighted by molar-refractivity contribution is 0.0660. The highest BCUT2D eigenvalue weighted by molar-refractivity contribution is 7.17. The summed E-state index contributed by atoms with van der Waals surface area (Å²) in [6, 6.07) is 1.90. The molecule has 2 aromatic heterocycles. The van der Waals surface area contributed by atoms with Gasteiger partial charge in [-0.3, -0.25) is 9.59 Å². The van der Waals surface area contributed by atoms with E-state index in [1.54, 1.807) is 24.9 Å². The summed E-state index contributed by atoms with van der Waals surface area (Å²) in [7, 11) is 0. The maximum atomic E-state index is 13.6. The lowest BCUT2D eigenvalue weighted by Gasteiger charge is -2.28. The molecule has 1 aliphatic heterocycles. The molecule has 2 amide bonds. The van der Waals surface area contributed by atoms with E-state index in [0.717, 1.165) is 41.2 Å². The highest BCUT2D eigenvalue weighted by Gasteiger charge is 2.30. The van der Waals surface area contributed by atoms with Crippen LogP contribution < -0.4 is 10.6 Å². The Morgan fingerprint density at radius 1 is 1.33 bits per heavy atom. The van der Waals surface area contributed by atoms with Crippen molar-refractivity contribution < 1.29 is 19.1 Å². The first kappa shape index (κ1) is 25.0. The number of nitrogens with one attached hydrogen (secondary N) is 2. The number of aliphatic hydroxyl groups is 1. The molecule has 8 nitrogen and oxygen atoms in total. The number of anilines is 1. The lowest BCUT2D eigenvalue weighted by atomic mass is 10.1. The van der Waals surface area contributed by atoms with Crippen LogP contribution in [0.4, 0.5) is 10.2 Å². The predicted molar refractivity (Wildman–Crippen MR) is 128 cm³/mol. The maximum absolute atomic E-state index is 13.6. The number of piperidine rings is 1. The van der Waals surface area contributed by atoms with Crippen molar-refractivity contribution in [2.75, 3.05) is 31.5 Å². The van der Waals surface area contributed by atoms with E-state index >= 15 is 0 Å². The quantitative estimate of drug-likeness (QED) is 0.538. The van der Waals surface area contributed by atoms with E-state index < -0.39 is 17.7 Å². The number of halogens is 1. The largest absolute Gasteiger partial charge is 0.389 e. The van der Waals surface area contributed by atoms with Gasteiger partial charge in [-0.2, -0.15) is 0 Å². The van der Waals surface area contributed by atoms with Crippen molar-refractivity contribution >= 4 is 29.0 Å². The molecule has 2 aromatic rings. The molecular weight excluding hydrogens is 445 g/mol. The minimum Gasteiger partial charge on any atom is -0.389 e. The van der Waals surface area contributed by atoms with E-state index in [1.165, 1.54) is 0 Å². The third kappa shape index (κ3) is 6.48. The van der Waals surface area contributed by atoms with Crippen LogP contribution in [0.1, 0.15) is 65.9 Å². The van der Waals surface area contributed by atoms with Gasteiger partial charge in [0.25, 0.3) is 11.8 Å². The molecule has 0 saturated carbocycles. The number of likely N-dealkylation sites (tertiary alicyclic amines) is 1. The fourth-order valence-electron chi connectivity index (χ4n) is 3.46. The predicted octanol–water partition coefficient (Wildman–Crippen LogP) is 3.41. The number of thiazole rings is 1. The van der Waals surface area contributed by atoms with Crippen LogP contribution in [0.3, 0.4) is 0 Å². The molecule has 3 heterocycles. The Labute approximate surface area is 197 Å². The van der Waals surface area contributed by atoms with Crippen molar-refractivity contribution in [2.24, 2.45) is 0 Å². The summed E-state index contributed by atoms with van der Waals surface area (Å²) in [6.45, 7) is 8.64. The van der Waals surface area contributed by atoms with E-state index in [4.69, 9.17) is 0 Å². The normalized spacial score (nSPS) is 14.9. The topological polar surface area (TPSA) is 107 Å². The van der Waals surface area contributed by atoms with E-state index in [1.807, 2.05) is 13.0 Å². The summed E-state index contributed by atoms with van der Waals surface area (Å²) >= 11 is 1.12. The molecule has 1 saturated heterocycles. The van der Waals surface area contributed by atoms with Gasteiger partial charge >= 0.3 is 0 Å². The van der Waals surface area contributed by atoms with Crippen molar-refractivity contribution in [1.82, 2.24) is 20.2 Å². The number of rotatable bonds is 8. The molecular formula is C23H32FN5O3S. The van der Waals surface area contributed by atoms with Gasteiger partial charge in [-0.05, 0) is 51.7 Å². The van der Waals surface area contributed by atoms with Crippen LogP contribution >= 0.6 is 11.3 Å². The SMILES string of the molecule is CCCNc1cc(C)c(-c2sc(C(=O)NCC(C)(C)O)nc2C(=O)N2CCC(F)CC2)cn1. The molecule has 1 aliphatic rings.